The molecule has 3 heteroatoms. The van der Waals surface area contributed by atoms with Gasteiger partial charge in [0.25, 0.3) is 0 Å². The number of fused-ring (bicyclic) bond motifs is 1. The molecule has 2 aliphatic heterocycles. The van der Waals surface area contributed by atoms with Crippen LogP contribution >= 0.6 is 12.4 Å². The molecule has 2 saturated heterocycles. The average Bonchev–Trinajstić information content (AvgIpc) is 2.74. The largest absolute Gasteiger partial charge is 0.316 e. The molecule has 16 heavy (non-hydrogen) atoms. The highest BCUT2D eigenvalue weighted by Gasteiger charge is 2.36. The van der Waals surface area contributed by atoms with Crippen molar-refractivity contribution >= 4 is 12.4 Å². The molecular formula is C13H27ClN2. The summed E-state index contributed by atoms with van der Waals surface area (Å²) in [5, 5.41) is 3.50. The molecule has 0 radical (unpaired) electrons. The van der Waals surface area contributed by atoms with Gasteiger partial charge in [0, 0.05) is 13.1 Å². The standard InChI is InChI=1S/C13H26N2.ClH/c1-4-13(2,3)5-6-15-9-11-7-14-8-12(11)10-15;/h11-12,14H,4-10H2,1-3H3;1H/t11-,12+;. The maximum atomic E-state index is 3.50. The van der Waals surface area contributed by atoms with Crippen LogP contribution in [0.4, 0.5) is 0 Å². The third kappa shape index (κ3) is 3.35. The summed E-state index contributed by atoms with van der Waals surface area (Å²) in [6, 6.07) is 0. The second-order valence-electron chi connectivity index (χ2n) is 6.21. The van der Waals surface area contributed by atoms with Crippen LogP contribution in [0.5, 0.6) is 0 Å². The van der Waals surface area contributed by atoms with Crippen molar-refractivity contribution in [3.63, 3.8) is 0 Å². The van der Waals surface area contributed by atoms with Gasteiger partial charge in [0.1, 0.15) is 0 Å². The minimum absolute atomic E-state index is 0. The second kappa shape index (κ2) is 5.70. The monoisotopic (exact) mass is 246 g/mol. The molecule has 0 unspecified atom stereocenters. The van der Waals surface area contributed by atoms with Gasteiger partial charge in [-0.15, -0.1) is 12.4 Å². The van der Waals surface area contributed by atoms with Crippen LogP contribution in [-0.2, 0) is 0 Å². The molecule has 0 aromatic carbocycles. The summed E-state index contributed by atoms with van der Waals surface area (Å²) in [6.45, 7) is 13.6. The fraction of sp³-hybridized carbons (Fsp3) is 1.00. The molecule has 96 valence electrons. The van der Waals surface area contributed by atoms with Gasteiger partial charge in [0.05, 0.1) is 0 Å². The molecule has 0 spiro atoms. The minimum Gasteiger partial charge on any atom is -0.316 e. The lowest BCUT2D eigenvalue weighted by molar-refractivity contribution is 0.233. The van der Waals surface area contributed by atoms with E-state index in [1.165, 1.54) is 45.6 Å². The van der Waals surface area contributed by atoms with Crippen molar-refractivity contribution in [3.05, 3.63) is 0 Å². The maximum Gasteiger partial charge on any atom is 0.00255 e. The van der Waals surface area contributed by atoms with Gasteiger partial charge in [-0.05, 0) is 43.3 Å². The number of hydrogen-bond donors (Lipinski definition) is 1. The Balaban J connectivity index is 0.00000128. The van der Waals surface area contributed by atoms with Crippen LogP contribution in [0.2, 0.25) is 0 Å². The first-order valence-electron chi connectivity index (χ1n) is 6.54. The van der Waals surface area contributed by atoms with Crippen LogP contribution in [0.25, 0.3) is 0 Å². The molecule has 2 nitrogen and oxygen atoms in total. The van der Waals surface area contributed by atoms with Gasteiger partial charge in [0.15, 0.2) is 0 Å². The molecule has 1 N–H and O–H groups in total. The van der Waals surface area contributed by atoms with E-state index in [1.54, 1.807) is 0 Å². The Morgan fingerprint density at radius 3 is 2.25 bits per heavy atom. The predicted octanol–water partition coefficient (Wildman–Crippen LogP) is 2.39. The highest BCUT2D eigenvalue weighted by Crippen LogP contribution is 2.29. The SMILES string of the molecule is CCC(C)(C)CCN1C[C@H]2CNC[C@H]2C1.Cl. The van der Waals surface area contributed by atoms with Crippen molar-refractivity contribution in [3.8, 4) is 0 Å². The Morgan fingerprint density at radius 1 is 1.19 bits per heavy atom. The van der Waals surface area contributed by atoms with E-state index >= 15 is 0 Å². The Hall–Kier alpha value is 0.210. The van der Waals surface area contributed by atoms with Crippen molar-refractivity contribution < 1.29 is 0 Å². The van der Waals surface area contributed by atoms with E-state index in [0.29, 0.717) is 5.41 Å². The summed E-state index contributed by atoms with van der Waals surface area (Å²) in [7, 11) is 0. The zero-order valence-electron chi connectivity index (χ0n) is 11.0. The van der Waals surface area contributed by atoms with Crippen LogP contribution in [0, 0.1) is 17.3 Å². The van der Waals surface area contributed by atoms with Crippen LogP contribution in [0.3, 0.4) is 0 Å². The lowest BCUT2D eigenvalue weighted by Gasteiger charge is -2.26. The number of nitrogens with one attached hydrogen (secondary N) is 1. The molecule has 2 fully saturated rings. The molecule has 0 aromatic heterocycles. The fourth-order valence-electron chi connectivity index (χ4n) is 2.77. The molecule has 0 amide bonds. The van der Waals surface area contributed by atoms with Gasteiger partial charge in [-0.1, -0.05) is 27.2 Å². The summed E-state index contributed by atoms with van der Waals surface area (Å²) in [5.41, 5.74) is 0.538. The normalized spacial score (nSPS) is 30.2. The van der Waals surface area contributed by atoms with Gasteiger partial charge in [0.2, 0.25) is 0 Å². The Kier molecular flexibility index (Phi) is 5.09. The Labute approximate surface area is 107 Å². The summed E-state index contributed by atoms with van der Waals surface area (Å²) < 4.78 is 0. The molecule has 0 bridgehead atoms. The molecule has 2 heterocycles. The molecule has 2 aliphatic rings. The molecule has 2 atom stereocenters. The lowest BCUT2D eigenvalue weighted by atomic mass is 9.86. The smallest absolute Gasteiger partial charge is 0.00255 e. The highest BCUT2D eigenvalue weighted by molar-refractivity contribution is 5.85. The third-order valence-electron chi connectivity index (χ3n) is 4.53. The van der Waals surface area contributed by atoms with Crippen LogP contribution in [0.1, 0.15) is 33.6 Å². The van der Waals surface area contributed by atoms with E-state index in [9.17, 15) is 0 Å². The molecule has 0 aliphatic carbocycles. The van der Waals surface area contributed by atoms with Gasteiger partial charge >= 0.3 is 0 Å². The van der Waals surface area contributed by atoms with Crippen molar-refractivity contribution in [1.82, 2.24) is 10.2 Å². The van der Waals surface area contributed by atoms with Crippen molar-refractivity contribution in [1.29, 1.82) is 0 Å². The quantitative estimate of drug-likeness (QED) is 0.820. The van der Waals surface area contributed by atoms with Crippen molar-refractivity contribution in [2.45, 2.75) is 33.6 Å². The zero-order chi connectivity index (χ0) is 10.9. The van der Waals surface area contributed by atoms with E-state index < -0.39 is 0 Å². The Morgan fingerprint density at radius 2 is 1.75 bits per heavy atom. The van der Waals surface area contributed by atoms with E-state index in [1.807, 2.05) is 0 Å². The molecule has 0 aromatic rings. The van der Waals surface area contributed by atoms with Crippen LogP contribution < -0.4 is 5.32 Å². The number of halogens is 1. The highest BCUT2D eigenvalue weighted by atomic mass is 35.5. The lowest BCUT2D eigenvalue weighted by Crippen LogP contribution is -2.29. The first-order chi connectivity index (χ1) is 7.11. The summed E-state index contributed by atoms with van der Waals surface area (Å²) in [6.07, 6.45) is 2.66. The number of rotatable bonds is 4. The van der Waals surface area contributed by atoms with Crippen LogP contribution in [-0.4, -0.2) is 37.6 Å². The first-order valence-corrected chi connectivity index (χ1v) is 6.54. The van der Waals surface area contributed by atoms with Crippen LogP contribution in [0.15, 0.2) is 0 Å². The number of likely N-dealkylation sites (tertiary alicyclic amines) is 1. The van der Waals surface area contributed by atoms with E-state index in [0.717, 1.165) is 11.8 Å². The minimum atomic E-state index is 0. The summed E-state index contributed by atoms with van der Waals surface area (Å²) >= 11 is 0. The average molecular weight is 247 g/mol. The Bertz CT molecular complexity index is 206. The zero-order valence-corrected chi connectivity index (χ0v) is 11.8. The van der Waals surface area contributed by atoms with E-state index in [-0.39, 0.29) is 12.4 Å². The molecule has 0 saturated carbocycles. The van der Waals surface area contributed by atoms with Gasteiger partial charge in [-0.3, -0.25) is 0 Å². The number of nitrogens with zero attached hydrogens (tertiary/aromatic N) is 1. The topological polar surface area (TPSA) is 15.3 Å². The number of hydrogen-bond acceptors (Lipinski definition) is 2. The van der Waals surface area contributed by atoms with Crippen molar-refractivity contribution in [2.24, 2.45) is 17.3 Å². The first kappa shape index (κ1) is 14.3. The second-order valence-corrected chi connectivity index (χ2v) is 6.21. The van der Waals surface area contributed by atoms with Gasteiger partial charge < -0.3 is 10.2 Å². The summed E-state index contributed by atoms with van der Waals surface area (Å²) in [4.78, 5) is 2.69. The maximum absolute atomic E-state index is 3.50. The molecular weight excluding hydrogens is 220 g/mol. The predicted molar refractivity (Wildman–Crippen MR) is 72.2 cm³/mol. The van der Waals surface area contributed by atoms with E-state index in [4.69, 9.17) is 0 Å². The molecule has 2 rings (SSSR count). The van der Waals surface area contributed by atoms with Gasteiger partial charge in [-0.2, -0.15) is 0 Å². The fourth-order valence-corrected chi connectivity index (χ4v) is 2.77. The van der Waals surface area contributed by atoms with Crippen molar-refractivity contribution in [2.75, 3.05) is 32.7 Å². The van der Waals surface area contributed by atoms with Gasteiger partial charge in [-0.25, -0.2) is 0 Å². The van der Waals surface area contributed by atoms with E-state index in [2.05, 4.69) is 31.0 Å². The third-order valence-corrected chi connectivity index (χ3v) is 4.53. The summed E-state index contributed by atoms with van der Waals surface area (Å²) in [5.74, 6) is 1.91.